The van der Waals surface area contributed by atoms with E-state index < -0.39 is 0 Å². The predicted octanol–water partition coefficient (Wildman–Crippen LogP) is 2.27. The third-order valence-electron chi connectivity index (χ3n) is 3.17. The average Bonchev–Trinajstić information content (AvgIpc) is 2.96. The van der Waals surface area contributed by atoms with Gasteiger partial charge in [0.15, 0.2) is 0 Å². The van der Waals surface area contributed by atoms with E-state index in [1.54, 1.807) is 23.0 Å². The first-order valence-electron chi connectivity index (χ1n) is 6.80. The number of amides is 1. The van der Waals surface area contributed by atoms with E-state index in [0.29, 0.717) is 23.6 Å². The maximum atomic E-state index is 12.0. The fourth-order valence-electron chi connectivity index (χ4n) is 1.87. The van der Waals surface area contributed by atoms with Gasteiger partial charge in [0.2, 0.25) is 0 Å². The Morgan fingerprint density at radius 3 is 2.81 bits per heavy atom. The van der Waals surface area contributed by atoms with Crippen molar-refractivity contribution in [3.05, 3.63) is 47.2 Å². The van der Waals surface area contributed by atoms with Crippen LogP contribution in [0.1, 0.15) is 23.7 Å². The van der Waals surface area contributed by atoms with E-state index in [1.807, 2.05) is 19.1 Å². The molecule has 0 radical (unpaired) electrons. The highest BCUT2D eigenvalue weighted by molar-refractivity contribution is 6.30. The zero-order valence-corrected chi connectivity index (χ0v) is 12.5. The molecule has 1 aromatic heterocycles. The van der Waals surface area contributed by atoms with Gasteiger partial charge in [-0.15, -0.1) is 0 Å². The summed E-state index contributed by atoms with van der Waals surface area (Å²) in [7, 11) is 0. The van der Waals surface area contributed by atoms with Crippen LogP contribution in [0.4, 0.5) is 0 Å². The summed E-state index contributed by atoms with van der Waals surface area (Å²) in [5, 5.41) is 16.5. The number of nitrogens with one attached hydrogen (secondary N) is 1. The summed E-state index contributed by atoms with van der Waals surface area (Å²) in [6.45, 7) is 2.64. The Hall–Kier alpha value is -1.85. The Morgan fingerprint density at radius 1 is 1.43 bits per heavy atom. The summed E-state index contributed by atoms with van der Waals surface area (Å²) in [5.41, 5.74) is 1.34. The standard InChI is InChI=1S/C15H18ClN3O2/c1-11(6-7-20)8-17-15(21)12-9-18-19(10-12)14-4-2-13(16)3-5-14/h2-5,9-11,20H,6-8H2,1H3,(H,17,21). The second-order valence-corrected chi connectivity index (χ2v) is 5.41. The third kappa shape index (κ3) is 4.31. The first-order valence-corrected chi connectivity index (χ1v) is 7.17. The van der Waals surface area contributed by atoms with E-state index in [2.05, 4.69) is 10.4 Å². The van der Waals surface area contributed by atoms with Crippen molar-refractivity contribution in [1.82, 2.24) is 15.1 Å². The normalized spacial score (nSPS) is 12.1. The molecule has 0 aliphatic carbocycles. The topological polar surface area (TPSA) is 67.2 Å². The lowest BCUT2D eigenvalue weighted by molar-refractivity contribution is 0.0945. The number of aliphatic hydroxyl groups excluding tert-OH is 1. The van der Waals surface area contributed by atoms with Crippen LogP contribution < -0.4 is 5.32 Å². The Kier molecular flexibility index (Phi) is 5.36. The van der Waals surface area contributed by atoms with Crippen LogP contribution in [0, 0.1) is 5.92 Å². The monoisotopic (exact) mass is 307 g/mol. The SMILES string of the molecule is CC(CCO)CNC(=O)c1cnn(-c2ccc(Cl)cc2)c1. The molecule has 1 heterocycles. The molecule has 21 heavy (non-hydrogen) atoms. The minimum Gasteiger partial charge on any atom is -0.396 e. The molecule has 1 amide bonds. The molecule has 2 rings (SSSR count). The van der Waals surface area contributed by atoms with Gasteiger partial charge in [0, 0.05) is 24.4 Å². The van der Waals surface area contributed by atoms with Crippen LogP contribution in [0.2, 0.25) is 5.02 Å². The van der Waals surface area contributed by atoms with Crippen LogP contribution >= 0.6 is 11.6 Å². The van der Waals surface area contributed by atoms with Crippen molar-refractivity contribution in [1.29, 1.82) is 0 Å². The van der Waals surface area contributed by atoms with E-state index in [0.717, 1.165) is 5.69 Å². The van der Waals surface area contributed by atoms with Crippen molar-refractivity contribution < 1.29 is 9.90 Å². The molecule has 5 nitrogen and oxygen atoms in total. The fourth-order valence-corrected chi connectivity index (χ4v) is 1.99. The lowest BCUT2D eigenvalue weighted by Crippen LogP contribution is -2.28. The minimum atomic E-state index is -0.167. The highest BCUT2D eigenvalue weighted by atomic mass is 35.5. The number of hydrogen-bond donors (Lipinski definition) is 2. The molecule has 0 bridgehead atoms. The van der Waals surface area contributed by atoms with Crippen LogP contribution in [0.15, 0.2) is 36.7 Å². The zero-order chi connectivity index (χ0) is 15.2. The van der Waals surface area contributed by atoms with Gasteiger partial charge in [0.05, 0.1) is 17.4 Å². The first-order chi connectivity index (χ1) is 10.1. The van der Waals surface area contributed by atoms with Crippen LogP contribution in [-0.2, 0) is 0 Å². The van der Waals surface area contributed by atoms with Crippen LogP contribution in [-0.4, -0.2) is 33.9 Å². The third-order valence-corrected chi connectivity index (χ3v) is 3.42. The zero-order valence-electron chi connectivity index (χ0n) is 11.8. The van der Waals surface area contributed by atoms with E-state index in [1.165, 1.54) is 6.20 Å². The number of benzene rings is 1. The molecule has 2 N–H and O–H groups in total. The summed E-state index contributed by atoms with van der Waals surface area (Å²) in [6, 6.07) is 7.21. The second kappa shape index (κ2) is 7.24. The van der Waals surface area contributed by atoms with Crippen molar-refractivity contribution in [3.63, 3.8) is 0 Å². The Balaban J connectivity index is 1.99. The number of aliphatic hydroxyl groups is 1. The largest absolute Gasteiger partial charge is 0.396 e. The molecular weight excluding hydrogens is 290 g/mol. The number of rotatable bonds is 6. The quantitative estimate of drug-likeness (QED) is 0.860. The summed E-state index contributed by atoms with van der Waals surface area (Å²) in [4.78, 5) is 12.0. The molecule has 112 valence electrons. The van der Waals surface area contributed by atoms with Crippen LogP contribution in [0.25, 0.3) is 5.69 Å². The van der Waals surface area contributed by atoms with Crippen molar-refractivity contribution in [3.8, 4) is 5.69 Å². The summed E-state index contributed by atoms with van der Waals surface area (Å²) in [5.74, 6) is 0.0743. The van der Waals surface area contributed by atoms with Crippen molar-refractivity contribution in [2.75, 3.05) is 13.2 Å². The number of nitrogens with zero attached hydrogens (tertiary/aromatic N) is 2. The summed E-state index contributed by atoms with van der Waals surface area (Å²) in [6.07, 6.45) is 3.88. The van der Waals surface area contributed by atoms with Gasteiger partial charge in [-0.05, 0) is 36.6 Å². The van der Waals surface area contributed by atoms with Crippen LogP contribution in [0.5, 0.6) is 0 Å². The fraction of sp³-hybridized carbons (Fsp3) is 0.333. The van der Waals surface area contributed by atoms with Crippen molar-refractivity contribution in [2.45, 2.75) is 13.3 Å². The molecule has 0 aliphatic rings. The van der Waals surface area contributed by atoms with Gasteiger partial charge in [-0.3, -0.25) is 4.79 Å². The minimum absolute atomic E-state index is 0.130. The van der Waals surface area contributed by atoms with Gasteiger partial charge in [-0.2, -0.15) is 5.10 Å². The molecule has 1 aromatic carbocycles. The van der Waals surface area contributed by atoms with E-state index in [9.17, 15) is 4.79 Å². The smallest absolute Gasteiger partial charge is 0.254 e. The summed E-state index contributed by atoms with van der Waals surface area (Å²) < 4.78 is 1.63. The van der Waals surface area contributed by atoms with E-state index in [4.69, 9.17) is 16.7 Å². The molecular formula is C15H18ClN3O2. The lowest BCUT2D eigenvalue weighted by Gasteiger charge is -2.10. The van der Waals surface area contributed by atoms with E-state index >= 15 is 0 Å². The van der Waals surface area contributed by atoms with Crippen LogP contribution in [0.3, 0.4) is 0 Å². The van der Waals surface area contributed by atoms with Gasteiger partial charge in [0.25, 0.3) is 5.91 Å². The highest BCUT2D eigenvalue weighted by Gasteiger charge is 2.10. The van der Waals surface area contributed by atoms with Gasteiger partial charge in [-0.25, -0.2) is 4.68 Å². The maximum Gasteiger partial charge on any atom is 0.254 e. The number of hydrogen-bond acceptors (Lipinski definition) is 3. The molecule has 0 fully saturated rings. The molecule has 1 atom stereocenters. The predicted molar refractivity (Wildman–Crippen MR) is 81.8 cm³/mol. The van der Waals surface area contributed by atoms with Gasteiger partial charge in [-0.1, -0.05) is 18.5 Å². The second-order valence-electron chi connectivity index (χ2n) is 4.98. The number of aromatic nitrogens is 2. The van der Waals surface area contributed by atoms with Gasteiger partial charge >= 0.3 is 0 Å². The Bertz CT molecular complexity index is 595. The Labute approximate surface area is 128 Å². The number of carbonyl (C=O) groups is 1. The molecule has 0 saturated carbocycles. The molecule has 0 spiro atoms. The summed E-state index contributed by atoms with van der Waals surface area (Å²) >= 11 is 5.84. The lowest BCUT2D eigenvalue weighted by atomic mass is 10.1. The molecule has 6 heteroatoms. The maximum absolute atomic E-state index is 12.0. The molecule has 0 aliphatic heterocycles. The molecule has 0 saturated heterocycles. The van der Waals surface area contributed by atoms with Crippen molar-refractivity contribution in [2.24, 2.45) is 5.92 Å². The molecule has 2 aromatic rings. The number of carbonyl (C=O) groups excluding carboxylic acids is 1. The highest BCUT2D eigenvalue weighted by Crippen LogP contribution is 2.13. The number of halogens is 1. The molecule has 1 unspecified atom stereocenters. The van der Waals surface area contributed by atoms with Gasteiger partial charge < -0.3 is 10.4 Å². The van der Waals surface area contributed by atoms with E-state index in [-0.39, 0.29) is 18.4 Å². The Morgan fingerprint density at radius 2 is 2.14 bits per heavy atom. The average molecular weight is 308 g/mol. The van der Waals surface area contributed by atoms with Crippen molar-refractivity contribution >= 4 is 17.5 Å². The van der Waals surface area contributed by atoms with Gasteiger partial charge in [0.1, 0.15) is 0 Å². The first kappa shape index (κ1) is 15.5.